The number of nitrogens with one attached hydrogen (secondary N) is 1. The molecule has 0 bridgehead atoms. The molecule has 0 spiro atoms. The zero-order valence-electron chi connectivity index (χ0n) is 18.4. The number of anilines is 1. The van der Waals surface area contributed by atoms with E-state index in [-0.39, 0.29) is 30.1 Å². The van der Waals surface area contributed by atoms with Crippen LogP contribution in [0.1, 0.15) is 45.4 Å². The lowest BCUT2D eigenvalue weighted by Gasteiger charge is -2.33. The number of methoxy groups -OCH3 is 1. The fourth-order valence-corrected chi connectivity index (χ4v) is 4.50. The minimum Gasteiger partial charge on any atom is -0.495 e. The van der Waals surface area contributed by atoms with Gasteiger partial charge in [0.1, 0.15) is 5.75 Å². The second-order valence-electron chi connectivity index (χ2n) is 8.32. The molecule has 0 radical (unpaired) electrons. The fraction of sp³-hybridized carbons (Fsp3) is 0.609. The van der Waals surface area contributed by atoms with E-state index < -0.39 is 5.92 Å². The van der Waals surface area contributed by atoms with Gasteiger partial charge in [0.25, 0.3) is 0 Å². The monoisotopic (exact) mass is 449 g/mol. The van der Waals surface area contributed by atoms with Crippen LogP contribution in [0.15, 0.2) is 18.2 Å². The zero-order chi connectivity index (χ0) is 22.4. The first-order chi connectivity index (χ1) is 14.9. The van der Waals surface area contributed by atoms with Crippen molar-refractivity contribution in [3.05, 3.63) is 23.2 Å². The van der Waals surface area contributed by atoms with Crippen LogP contribution < -0.4 is 15.0 Å². The molecular formula is C23H32ClN3O4. The molecule has 2 aliphatic rings. The number of piperidine rings is 1. The average Bonchev–Trinajstić information content (AvgIpc) is 3.17. The summed E-state index contributed by atoms with van der Waals surface area (Å²) in [5.41, 5.74) is 0.591. The van der Waals surface area contributed by atoms with Crippen molar-refractivity contribution < 1.29 is 19.1 Å². The predicted molar refractivity (Wildman–Crippen MR) is 120 cm³/mol. The van der Waals surface area contributed by atoms with Crippen LogP contribution in [0.5, 0.6) is 5.75 Å². The quantitative estimate of drug-likeness (QED) is 0.618. The summed E-state index contributed by atoms with van der Waals surface area (Å²) in [7, 11) is 1.54. The third kappa shape index (κ3) is 5.70. The molecular weight excluding hydrogens is 418 g/mol. The number of carbonyl (C=O) groups is 3. The Morgan fingerprint density at radius 3 is 2.61 bits per heavy atom. The van der Waals surface area contributed by atoms with Crippen molar-refractivity contribution in [1.82, 2.24) is 10.2 Å². The molecule has 2 fully saturated rings. The minimum atomic E-state index is -0.393. The van der Waals surface area contributed by atoms with Gasteiger partial charge in [0, 0.05) is 43.5 Å². The van der Waals surface area contributed by atoms with Gasteiger partial charge in [0.15, 0.2) is 0 Å². The maximum absolute atomic E-state index is 13.1. The van der Waals surface area contributed by atoms with Crippen molar-refractivity contribution in [2.24, 2.45) is 11.8 Å². The molecule has 31 heavy (non-hydrogen) atoms. The van der Waals surface area contributed by atoms with Gasteiger partial charge in [-0.05, 0) is 37.5 Å². The van der Waals surface area contributed by atoms with E-state index in [0.29, 0.717) is 48.9 Å². The molecule has 7 nitrogen and oxygen atoms in total. The Hall–Kier alpha value is -2.28. The molecule has 3 amide bonds. The molecule has 0 aliphatic carbocycles. The summed E-state index contributed by atoms with van der Waals surface area (Å²) in [6, 6.07) is 5.12. The van der Waals surface area contributed by atoms with Gasteiger partial charge in [0.2, 0.25) is 17.7 Å². The first-order valence-corrected chi connectivity index (χ1v) is 11.5. The molecule has 1 aromatic carbocycles. The molecule has 0 aromatic heterocycles. The summed E-state index contributed by atoms with van der Waals surface area (Å²) < 4.78 is 5.36. The van der Waals surface area contributed by atoms with Crippen LogP contribution in [-0.4, -0.2) is 55.9 Å². The van der Waals surface area contributed by atoms with E-state index in [2.05, 4.69) is 12.2 Å². The average molecular weight is 450 g/mol. The predicted octanol–water partition coefficient (Wildman–Crippen LogP) is 3.25. The maximum Gasteiger partial charge on any atom is 0.228 e. The molecule has 2 saturated heterocycles. The summed E-state index contributed by atoms with van der Waals surface area (Å²) in [6.45, 7) is 4.27. The first-order valence-electron chi connectivity index (χ1n) is 11.1. The van der Waals surface area contributed by atoms with Crippen LogP contribution in [0.25, 0.3) is 0 Å². The highest BCUT2D eigenvalue weighted by Crippen LogP contribution is 2.36. The molecule has 0 saturated carbocycles. The molecule has 2 aliphatic heterocycles. The van der Waals surface area contributed by atoms with Gasteiger partial charge in [-0.3, -0.25) is 14.4 Å². The molecule has 1 N–H and O–H groups in total. The lowest BCUT2D eigenvalue weighted by molar-refractivity contribution is -0.139. The molecule has 1 unspecified atom stereocenters. The summed E-state index contributed by atoms with van der Waals surface area (Å²) >= 11 is 6.11. The van der Waals surface area contributed by atoms with Crippen LogP contribution in [-0.2, 0) is 14.4 Å². The Balaban J connectivity index is 1.53. The summed E-state index contributed by atoms with van der Waals surface area (Å²) in [5, 5.41) is 3.52. The third-order valence-corrected chi connectivity index (χ3v) is 6.40. The largest absolute Gasteiger partial charge is 0.495 e. The number of unbranched alkanes of at least 4 members (excludes halogenated alkanes) is 2. The van der Waals surface area contributed by atoms with E-state index >= 15 is 0 Å². The van der Waals surface area contributed by atoms with Crippen LogP contribution >= 0.6 is 11.6 Å². The van der Waals surface area contributed by atoms with E-state index in [1.54, 1.807) is 35.1 Å². The second kappa shape index (κ2) is 10.8. The first kappa shape index (κ1) is 23.4. The smallest absolute Gasteiger partial charge is 0.228 e. The Bertz CT molecular complexity index is 808. The highest BCUT2D eigenvalue weighted by atomic mass is 35.5. The molecule has 3 rings (SSSR count). The summed E-state index contributed by atoms with van der Waals surface area (Å²) in [6.07, 6.45) is 4.75. The van der Waals surface area contributed by atoms with Crippen molar-refractivity contribution in [2.45, 2.75) is 45.4 Å². The Kier molecular flexibility index (Phi) is 8.18. The van der Waals surface area contributed by atoms with Gasteiger partial charge in [-0.25, -0.2) is 0 Å². The highest BCUT2D eigenvalue weighted by molar-refractivity contribution is 6.31. The van der Waals surface area contributed by atoms with Gasteiger partial charge in [-0.15, -0.1) is 0 Å². The summed E-state index contributed by atoms with van der Waals surface area (Å²) in [5.74, 6) is 0.0905. The van der Waals surface area contributed by atoms with Gasteiger partial charge >= 0.3 is 0 Å². The topological polar surface area (TPSA) is 79.0 Å². The van der Waals surface area contributed by atoms with Crippen LogP contribution in [0.4, 0.5) is 5.69 Å². The molecule has 1 aromatic rings. The Morgan fingerprint density at radius 1 is 1.19 bits per heavy atom. The second-order valence-corrected chi connectivity index (χ2v) is 8.76. The number of likely N-dealkylation sites (tertiary alicyclic amines) is 1. The van der Waals surface area contributed by atoms with E-state index in [9.17, 15) is 14.4 Å². The minimum absolute atomic E-state index is 0.0151. The molecule has 2 heterocycles. The van der Waals surface area contributed by atoms with E-state index in [1.165, 1.54) is 0 Å². The number of ether oxygens (including phenoxy) is 1. The zero-order valence-corrected chi connectivity index (χ0v) is 19.1. The van der Waals surface area contributed by atoms with Gasteiger partial charge in [-0.1, -0.05) is 31.4 Å². The van der Waals surface area contributed by atoms with Crippen molar-refractivity contribution in [3.8, 4) is 5.75 Å². The van der Waals surface area contributed by atoms with Gasteiger partial charge in [0.05, 0.1) is 18.7 Å². The van der Waals surface area contributed by atoms with Crippen molar-refractivity contribution >= 4 is 35.0 Å². The van der Waals surface area contributed by atoms with Crippen molar-refractivity contribution in [2.75, 3.05) is 38.2 Å². The lowest BCUT2D eigenvalue weighted by Crippen LogP contribution is -2.45. The lowest BCUT2D eigenvalue weighted by atomic mass is 9.94. The highest BCUT2D eigenvalue weighted by Gasteiger charge is 2.39. The van der Waals surface area contributed by atoms with E-state index in [0.717, 1.165) is 25.8 Å². The van der Waals surface area contributed by atoms with Gasteiger partial charge in [-0.2, -0.15) is 0 Å². The number of amides is 3. The standard InChI is InChI=1S/C23H32ClN3O4/c1-3-4-5-10-25-22(29)16-8-11-26(12-9-16)23(30)17-13-21(28)27(15-17)19-14-18(24)6-7-20(19)31-2/h6-7,14,16-17H,3-5,8-13,15H2,1-2H3,(H,25,29). The number of benzene rings is 1. The normalized spacial score (nSPS) is 19.6. The number of carbonyl (C=O) groups excluding carboxylic acids is 3. The number of hydrogen-bond donors (Lipinski definition) is 1. The number of hydrogen-bond acceptors (Lipinski definition) is 4. The Morgan fingerprint density at radius 2 is 1.94 bits per heavy atom. The molecule has 1 atom stereocenters. The van der Waals surface area contributed by atoms with Crippen molar-refractivity contribution in [1.29, 1.82) is 0 Å². The van der Waals surface area contributed by atoms with Crippen LogP contribution in [0.2, 0.25) is 5.02 Å². The van der Waals surface area contributed by atoms with Crippen LogP contribution in [0, 0.1) is 11.8 Å². The van der Waals surface area contributed by atoms with E-state index in [4.69, 9.17) is 16.3 Å². The van der Waals surface area contributed by atoms with Gasteiger partial charge < -0.3 is 19.9 Å². The summed E-state index contributed by atoms with van der Waals surface area (Å²) in [4.78, 5) is 41.4. The number of rotatable bonds is 8. The SMILES string of the molecule is CCCCCNC(=O)C1CCN(C(=O)C2CC(=O)N(c3cc(Cl)ccc3OC)C2)CC1. The van der Waals surface area contributed by atoms with Crippen molar-refractivity contribution in [3.63, 3.8) is 0 Å². The van der Waals surface area contributed by atoms with E-state index in [1.807, 2.05) is 0 Å². The fourth-order valence-electron chi connectivity index (χ4n) is 4.33. The van der Waals surface area contributed by atoms with Crippen LogP contribution in [0.3, 0.4) is 0 Å². The molecule has 8 heteroatoms. The Labute approximate surface area is 189 Å². The molecule has 170 valence electrons. The third-order valence-electron chi connectivity index (χ3n) is 6.16. The maximum atomic E-state index is 13.1. The number of nitrogens with zero attached hydrogens (tertiary/aromatic N) is 2. The number of halogens is 1.